The van der Waals surface area contributed by atoms with Crippen molar-refractivity contribution in [2.75, 3.05) is 39.3 Å². The van der Waals surface area contributed by atoms with Gasteiger partial charge in [-0.2, -0.15) is 0 Å². The molecule has 1 saturated heterocycles. The molecule has 0 radical (unpaired) electrons. The summed E-state index contributed by atoms with van der Waals surface area (Å²) in [7, 11) is 0. The molecule has 0 unspecified atom stereocenters. The lowest BCUT2D eigenvalue weighted by Gasteiger charge is -2.30. The molecular weight excluding hydrogens is 222 g/mol. The van der Waals surface area contributed by atoms with Gasteiger partial charge < -0.3 is 0 Å². The minimum atomic E-state index is 0.658. The van der Waals surface area contributed by atoms with Crippen LogP contribution in [0.2, 0.25) is 0 Å². The fourth-order valence-electron chi connectivity index (χ4n) is 2.66. The van der Waals surface area contributed by atoms with Crippen LogP contribution in [0.5, 0.6) is 0 Å². The van der Waals surface area contributed by atoms with Crippen LogP contribution in [0.25, 0.3) is 0 Å². The molecule has 0 bridgehead atoms. The van der Waals surface area contributed by atoms with Crippen molar-refractivity contribution in [3.8, 4) is 0 Å². The molecule has 0 aromatic rings. The number of hydrogen-bond donors (Lipinski definition) is 0. The maximum absolute atomic E-state index is 2.62. The lowest BCUT2D eigenvalue weighted by molar-refractivity contribution is 0.169. The van der Waals surface area contributed by atoms with Crippen molar-refractivity contribution in [3.63, 3.8) is 0 Å². The molecule has 1 aliphatic rings. The SMILES string of the molecule is CC(C)N1CCN(C(C)C)CCN(C(C)C)CC1. The third-order valence-corrected chi connectivity index (χ3v) is 4.21. The highest BCUT2D eigenvalue weighted by Crippen LogP contribution is 2.08. The summed E-state index contributed by atoms with van der Waals surface area (Å²) >= 11 is 0. The van der Waals surface area contributed by atoms with Gasteiger partial charge in [0.2, 0.25) is 0 Å². The topological polar surface area (TPSA) is 9.72 Å². The Hall–Kier alpha value is -0.120. The zero-order valence-corrected chi connectivity index (χ0v) is 13.3. The Morgan fingerprint density at radius 2 is 0.611 bits per heavy atom. The van der Waals surface area contributed by atoms with E-state index in [0.29, 0.717) is 18.1 Å². The fourth-order valence-corrected chi connectivity index (χ4v) is 2.66. The summed E-state index contributed by atoms with van der Waals surface area (Å²) in [6, 6.07) is 1.98. The van der Waals surface area contributed by atoms with Crippen LogP contribution in [0.4, 0.5) is 0 Å². The summed E-state index contributed by atoms with van der Waals surface area (Å²) in [6.45, 7) is 21.2. The molecule has 0 aromatic carbocycles. The second-order valence-electron chi connectivity index (χ2n) is 6.39. The quantitative estimate of drug-likeness (QED) is 0.765. The summed E-state index contributed by atoms with van der Waals surface area (Å²) in [4.78, 5) is 7.86. The summed E-state index contributed by atoms with van der Waals surface area (Å²) < 4.78 is 0. The number of nitrogens with zero attached hydrogens (tertiary/aromatic N) is 3. The molecule has 108 valence electrons. The van der Waals surface area contributed by atoms with Crippen molar-refractivity contribution >= 4 is 0 Å². The molecule has 18 heavy (non-hydrogen) atoms. The van der Waals surface area contributed by atoms with Gasteiger partial charge in [-0.05, 0) is 41.5 Å². The van der Waals surface area contributed by atoms with E-state index in [9.17, 15) is 0 Å². The van der Waals surface area contributed by atoms with Crippen molar-refractivity contribution in [2.24, 2.45) is 0 Å². The first kappa shape index (κ1) is 15.9. The second kappa shape index (κ2) is 7.46. The van der Waals surface area contributed by atoms with E-state index in [-0.39, 0.29) is 0 Å². The maximum Gasteiger partial charge on any atom is 0.0113 e. The van der Waals surface area contributed by atoms with Crippen molar-refractivity contribution in [2.45, 2.75) is 59.7 Å². The summed E-state index contributed by atoms with van der Waals surface area (Å²) in [5.74, 6) is 0. The first-order valence-corrected chi connectivity index (χ1v) is 7.64. The third kappa shape index (κ3) is 4.87. The van der Waals surface area contributed by atoms with Gasteiger partial charge in [0.1, 0.15) is 0 Å². The Balaban J connectivity index is 2.68. The molecule has 0 atom stereocenters. The highest BCUT2D eigenvalue weighted by atomic mass is 15.3. The van der Waals surface area contributed by atoms with E-state index in [4.69, 9.17) is 0 Å². The minimum Gasteiger partial charge on any atom is -0.298 e. The van der Waals surface area contributed by atoms with Gasteiger partial charge in [0.15, 0.2) is 0 Å². The smallest absolute Gasteiger partial charge is 0.0113 e. The molecule has 3 heteroatoms. The first-order chi connectivity index (χ1) is 8.41. The van der Waals surface area contributed by atoms with Crippen LogP contribution < -0.4 is 0 Å². The zero-order valence-electron chi connectivity index (χ0n) is 13.3. The largest absolute Gasteiger partial charge is 0.298 e. The summed E-state index contributed by atoms with van der Waals surface area (Å²) in [5, 5.41) is 0. The molecule has 0 N–H and O–H groups in total. The zero-order chi connectivity index (χ0) is 13.7. The van der Waals surface area contributed by atoms with E-state index in [1.54, 1.807) is 0 Å². The molecule has 1 fully saturated rings. The summed E-state index contributed by atoms with van der Waals surface area (Å²) in [6.07, 6.45) is 0. The average molecular weight is 255 g/mol. The fraction of sp³-hybridized carbons (Fsp3) is 1.00. The molecule has 0 amide bonds. The van der Waals surface area contributed by atoms with Crippen LogP contribution in [0.3, 0.4) is 0 Å². The minimum absolute atomic E-state index is 0.658. The summed E-state index contributed by atoms with van der Waals surface area (Å²) in [5.41, 5.74) is 0. The van der Waals surface area contributed by atoms with Crippen molar-refractivity contribution in [1.82, 2.24) is 14.7 Å². The molecule has 0 spiro atoms. The number of hydrogen-bond acceptors (Lipinski definition) is 3. The van der Waals surface area contributed by atoms with Crippen LogP contribution >= 0.6 is 0 Å². The Labute approximate surface area is 114 Å². The Morgan fingerprint density at radius 1 is 0.444 bits per heavy atom. The second-order valence-corrected chi connectivity index (χ2v) is 6.39. The molecule has 0 saturated carbocycles. The molecule has 3 nitrogen and oxygen atoms in total. The van der Waals surface area contributed by atoms with E-state index in [1.165, 1.54) is 39.3 Å². The molecule has 1 heterocycles. The van der Waals surface area contributed by atoms with E-state index < -0.39 is 0 Å². The van der Waals surface area contributed by atoms with Crippen LogP contribution in [0.15, 0.2) is 0 Å². The third-order valence-electron chi connectivity index (χ3n) is 4.21. The van der Waals surface area contributed by atoms with Gasteiger partial charge in [0, 0.05) is 57.4 Å². The van der Waals surface area contributed by atoms with Gasteiger partial charge in [-0.25, -0.2) is 0 Å². The van der Waals surface area contributed by atoms with Gasteiger partial charge in [0.05, 0.1) is 0 Å². The van der Waals surface area contributed by atoms with Gasteiger partial charge in [-0.1, -0.05) is 0 Å². The van der Waals surface area contributed by atoms with Gasteiger partial charge in [0.25, 0.3) is 0 Å². The lowest BCUT2D eigenvalue weighted by atomic mass is 10.3. The molecule has 1 rings (SSSR count). The van der Waals surface area contributed by atoms with Crippen LogP contribution in [0, 0.1) is 0 Å². The van der Waals surface area contributed by atoms with E-state index in [2.05, 4.69) is 56.2 Å². The standard InChI is InChI=1S/C15H33N3/c1-13(2)16-7-9-17(14(3)4)11-12-18(10-8-16)15(5)6/h13-15H,7-12H2,1-6H3. The Kier molecular flexibility index (Phi) is 6.61. The van der Waals surface area contributed by atoms with Crippen molar-refractivity contribution < 1.29 is 0 Å². The van der Waals surface area contributed by atoms with Crippen molar-refractivity contribution in [1.29, 1.82) is 0 Å². The number of rotatable bonds is 3. The van der Waals surface area contributed by atoms with Crippen LogP contribution in [0.1, 0.15) is 41.5 Å². The van der Waals surface area contributed by atoms with Crippen LogP contribution in [-0.4, -0.2) is 72.1 Å². The predicted molar refractivity (Wildman–Crippen MR) is 80.1 cm³/mol. The van der Waals surface area contributed by atoms with E-state index in [1.807, 2.05) is 0 Å². The molecule has 1 aliphatic heterocycles. The van der Waals surface area contributed by atoms with Gasteiger partial charge in [-0.3, -0.25) is 14.7 Å². The van der Waals surface area contributed by atoms with Gasteiger partial charge >= 0.3 is 0 Å². The maximum atomic E-state index is 2.62. The Bertz CT molecular complexity index is 176. The predicted octanol–water partition coefficient (Wildman–Crippen LogP) is 2.13. The monoisotopic (exact) mass is 255 g/mol. The highest BCUT2D eigenvalue weighted by Gasteiger charge is 2.20. The van der Waals surface area contributed by atoms with Gasteiger partial charge in [-0.15, -0.1) is 0 Å². The Morgan fingerprint density at radius 3 is 0.722 bits per heavy atom. The van der Waals surface area contributed by atoms with Crippen LogP contribution in [-0.2, 0) is 0 Å². The lowest BCUT2D eigenvalue weighted by Crippen LogP contribution is -2.41. The highest BCUT2D eigenvalue weighted by molar-refractivity contribution is 4.76. The first-order valence-electron chi connectivity index (χ1n) is 7.64. The van der Waals surface area contributed by atoms with E-state index >= 15 is 0 Å². The van der Waals surface area contributed by atoms with E-state index in [0.717, 1.165) is 0 Å². The normalized spacial score (nSPS) is 22.5. The molecular formula is C15H33N3. The molecule has 0 aliphatic carbocycles. The average Bonchev–Trinajstić information content (AvgIpc) is 2.37. The van der Waals surface area contributed by atoms with Crippen molar-refractivity contribution in [3.05, 3.63) is 0 Å². The molecule has 0 aromatic heterocycles.